The normalized spacial score (nSPS) is 13.2. The molecule has 0 aromatic heterocycles. The van der Waals surface area contributed by atoms with Crippen molar-refractivity contribution in [3.05, 3.63) is 65.2 Å². The number of nitrogens with one attached hydrogen (secondary N) is 2. The third-order valence-electron chi connectivity index (χ3n) is 4.15. The van der Waals surface area contributed by atoms with E-state index in [9.17, 15) is 17.2 Å². The van der Waals surface area contributed by atoms with Crippen LogP contribution in [0.1, 0.15) is 31.0 Å². The molecule has 0 spiro atoms. The zero-order valence-electron chi connectivity index (χ0n) is 16.2. The Labute approximate surface area is 164 Å². The Morgan fingerprint density at radius 1 is 1.14 bits per heavy atom. The molecular formula is C20H25F2N3O2S. The monoisotopic (exact) mass is 409 g/mol. The van der Waals surface area contributed by atoms with Crippen LogP contribution in [0.25, 0.3) is 0 Å². The molecule has 0 saturated heterocycles. The number of rotatable bonds is 7. The molecule has 2 aromatic carbocycles. The highest BCUT2D eigenvalue weighted by Crippen LogP contribution is 2.17. The van der Waals surface area contributed by atoms with Crippen LogP contribution in [0.2, 0.25) is 0 Å². The minimum absolute atomic E-state index is 0.282. The van der Waals surface area contributed by atoms with Gasteiger partial charge in [0.2, 0.25) is 0 Å². The van der Waals surface area contributed by atoms with Crippen molar-refractivity contribution in [3.63, 3.8) is 0 Å². The zero-order chi connectivity index (χ0) is 20.7. The Kier molecular flexibility index (Phi) is 7.51. The molecular weight excluding hydrogens is 384 g/mol. The van der Waals surface area contributed by atoms with Crippen molar-refractivity contribution in [1.29, 1.82) is 0 Å². The highest BCUT2D eigenvalue weighted by Gasteiger charge is 2.13. The van der Waals surface area contributed by atoms with E-state index in [1.54, 1.807) is 31.2 Å². The molecule has 1 unspecified atom stereocenters. The van der Waals surface area contributed by atoms with Gasteiger partial charge in [-0.2, -0.15) is 0 Å². The molecule has 2 rings (SSSR count). The predicted molar refractivity (Wildman–Crippen MR) is 107 cm³/mol. The summed E-state index contributed by atoms with van der Waals surface area (Å²) in [6.07, 6.45) is 1.80. The Morgan fingerprint density at radius 3 is 2.39 bits per heavy atom. The fourth-order valence-corrected chi connectivity index (χ4v) is 3.29. The van der Waals surface area contributed by atoms with Crippen molar-refractivity contribution in [2.24, 2.45) is 4.99 Å². The number of guanidine groups is 1. The Hall–Kier alpha value is -2.48. The third kappa shape index (κ3) is 6.30. The predicted octanol–water partition coefficient (Wildman–Crippen LogP) is 3.23. The van der Waals surface area contributed by atoms with Gasteiger partial charge in [-0.25, -0.2) is 17.2 Å². The Morgan fingerprint density at radius 2 is 1.82 bits per heavy atom. The van der Waals surface area contributed by atoms with Gasteiger partial charge in [0.15, 0.2) is 15.8 Å². The summed E-state index contributed by atoms with van der Waals surface area (Å²) >= 11 is 0. The van der Waals surface area contributed by atoms with Gasteiger partial charge in [0.05, 0.1) is 10.9 Å². The second-order valence-electron chi connectivity index (χ2n) is 6.46. The first-order chi connectivity index (χ1) is 13.2. The largest absolute Gasteiger partial charge is 0.357 e. The van der Waals surface area contributed by atoms with E-state index in [0.717, 1.165) is 11.6 Å². The molecule has 0 bridgehead atoms. The second-order valence-corrected chi connectivity index (χ2v) is 8.47. The van der Waals surface area contributed by atoms with Crippen LogP contribution in [0.4, 0.5) is 8.78 Å². The average molecular weight is 410 g/mol. The number of hydrogen-bond donors (Lipinski definition) is 2. The third-order valence-corrected chi connectivity index (χ3v) is 5.28. The molecule has 0 amide bonds. The van der Waals surface area contributed by atoms with Crippen molar-refractivity contribution in [1.82, 2.24) is 10.6 Å². The van der Waals surface area contributed by atoms with Gasteiger partial charge in [-0.1, -0.05) is 18.2 Å². The van der Waals surface area contributed by atoms with Crippen molar-refractivity contribution in [2.45, 2.75) is 31.2 Å². The first kappa shape index (κ1) is 21.8. The van der Waals surface area contributed by atoms with Gasteiger partial charge < -0.3 is 10.6 Å². The lowest BCUT2D eigenvalue weighted by molar-refractivity contribution is 0.551. The van der Waals surface area contributed by atoms with Crippen molar-refractivity contribution in [2.75, 3.05) is 19.3 Å². The van der Waals surface area contributed by atoms with Crippen LogP contribution in [0.15, 0.2) is 52.4 Å². The molecule has 2 N–H and O–H groups in total. The lowest BCUT2D eigenvalue weighted by atomic mass is 10.1. The summed E-state index contributed by atoms with van der Waals surface area (Å²) in [4.78, 5) is 4.75. The molecule has 2 aromatic rings. The van der Waals surface area contributed by atoms with Gasteiger partial charge >= 0.3 is 0 Å². The van der Waals surface area contributed by atoms with Crippen LogP contribution >= 0.6 is 0 Å². The van der Waals surface area contributed by atoms with Crippen molar-refractivity contribution < 1.29 is 17.2 Å². The molecule has 0 heterocycles. The topological polar surface area (TPSA) is 70.6 Å². The van der Waals surface area contributed by atoms with Gasteiger partial charge in [-0.05, 0) is 44.0 Å². The lowest BCUT2D eigenvalue weighted by Gasteiger charge is -2.18. The number of benzene rings is 2. The molecule has 8 heteroatoms. The smallest absolute Gasteiger partial charge is 0.191 e. The molecule has 0 fully saturated rings. The van der Waals surface area contributed by atoms with Crippen LogP contribution in [-0.4, -0.2) is 33.7 Å². The number of aliphatic imine (C=N–C) groups is 1. The van der Waals surface area contributed by atoms with Gasteiger partial charge in [-0.3, -0.25) is 4.99 Å². The SMILES string of the molecule is CCNC(=NCCc1ccc(S(C)(=O)=O)cc1)NC(C)c1ccc(F)cc1F. The van der Waals surface area contributed by atoms with Crippen LogP contribution in [-0.2, 0) is 16.3 Å². The van der Waals surface area contributed by atoms with Gasteiger partial charge in [-0.15, -0.1) is 0 Å². The van der Waals surface area contributed by atoms with E-state index < -0.39 is 27.5 Å². The first-order valence-electron chi connectivity index (χ1n) is 8.99. The van der Waals surface area contributed by atoms with Crippen LogP contribution < -0.4 is 10.6 Å². The number of hydrogen-bond acceptors (Lipinski definition) is 3. The van der Waals surface area contributed by atoms with Gasteiger partial charge in [0.1, 0.15) is 11.6 Å². The highest BCUT2D eigenvalue weighted by molar-refractivity contribution is 7.90. The van der Waals surface area contributed by atoms with E-state index in [1.165, 1.54) is 18.4 Å². The van der Waals surface area contributed by atoms with Crippen LogP contribution in [0.5, 0.6) is 0 Å². The molecule has 0 aliphatic rings. The number of sulfone groups is 1. The van der Waals surface area contributed by atoms with Gasteiger partial charge in [0.25, 0.3) is 0 Å². The summed E-state index contributed by atoms with van der Waals surface area (Å²) < 4.78 is 50.0. The average Bonchev–Trinajstić information content (AvgIpc) is 2.61. The maximum Gasteiger partial charge on any atom is 0.191 e. The highest BCUT2D eigenvalue weighted by atomic mass is 32.2. The summed E-state index contributed by atoms with van der Waals surface area (Å²) in [5, 5.41) is 6.20. The van der Waals surface area contributed by atoms with Gasteiger partial charge in [0, 0.05) is 31.0 Å². The molecule has 152 valence electrons. The Balaban J connectivity index is 2.01. The molecule has 0 saturated carbocycles. The summed E-state index contributed by atoms with van der Waals surface area (Å²) in [6, 6.07) is 9.79. The maximum atomic E-state index is 13.9. The van der Waals surface area contributed by atoms with E-state index in [1.807, 2.05) is 6.92 Å². The second kappa shape index (κ2) is 9.64. The first-order valence-corrected chi connectivity index (χ1v) is 10.9. The minimum atomic E-state index is -3.21. The summed E-state index contributed by atoms with van der Waals surface area (Å²) in [7, 11) is -3.21. The van der Waals surface area contributed by atoms with Crippen LogP contribution in [0.3, 0.4) is 0 Å². The summed E-state index contributed by atoms with van der Waals surface area (Å²) in [5.41, 5.74) is 1.31. The van der Waals surface area contributed by atoms with E-state index in [-0.39, 0.29) is 4.90 Å². The van der Waals surface area contributed by atoms with E-state index in [2.05, 4.69) is 15.6 Å². The summed E-state index contributed by atoms with van der Waals surface area (Å²) in [6.45, 7) is 4.79. The Bertz CT molecular complexity index is 929. The summed E-state index contributed by atoms with van der Waals surface area (Å²) in [5.74, 6) is -0.704. The fourth-order valence-electron chi connectivity index (χ4n) is 2.66. The lowest BCUT2D eigenvalue weighted by Crippen LogP contribution is -2.39. The van der Waals surface area contributed by atoms with Crippen LogP contribution in [0, 0.1) is 11.6 Å². The van der Waals surface area contributed by atoms with E-state index in [4.69, 9.17) is 0 Å². The molecule has 5 nitrogen and oxygen atoms in total. The fraction of sp³-hybridized carbons (Fsp3) is 0.350. The molecule has 1 atom stereocenters. The standard InChI is InChI=1S/C20H25F2N3O2S/c1-4-23-20(25-14(2)18-10-7-16(21)13-19(18)22)24-12-11-15-5-8-17(9-6-15)28(3,26)27/h5-10,13-14H,4,11-12H2,1-3H3,(H2,23,24,25). The van der Waals surface area contributed by atoms with Crippen molar-refractivity contribution >= 4 is 15.8 Å². The minimum Gasteiger partial charge on any atom is -0.357 e. The number of halogens is 2. The molecule has 28 heavy (non-hydrogen) atoms. The zero-order valence-corrected chi connectivity index (χ0v) is 17.0. The molecule has 0 aliphatic carbocycles. The quantitative estimate of drug-likeness (QED) is 0.544. The van der Waals surface area contributed by atoms with Crippen molar-refractivity contribution in [3.8, 4) is 0 Å². The number of nitrogens with zero attached hydrogens (tertiary/aromatic N) is 1. The van der Waals surface area contributed by atoms with E-state index >= 15 is 0 Å². The molecule has 0 radical (unpaired) electrons. The maximum absolute atomic E-state index is 13.9. The molecule has 0 aliphatic heterocycles. The van der Waals surface area contributed by atoms with E-state index in [0.29, 0.717) is 31.0 Å².